The summed E-state index contributed by atoms with van der Waals surface area (Å²) in [4.78, 5) is 14.4. The fourth-order valence-electron chi connectivity index (χ4n) is 3.30. The second-order valence-electron chi connectivity index (χ2n) is 6.38. The Bertz CT molecular complexity index is 688. The number of benzene rings is 2. The van der Waals surface area contributed by atoms with Crippen LogP contribution in [0.2, 0.25) is 0 Å². The minimum atomic E-state index is -0.0231. The highest BCUT2D eigenvalue weighted by molar-refractivity contribution is 5.92. The lowest BCUT2D eigenvalue weighted by Crippen LogP contribution is -2.33. The summed E-state index contributed by atoms with van der Waals surface area (Å²) in [6.45, 7) is 4.46. The molecule has 1 amide bonds. The van der Waals surface area contributed by atoms with Crippen molar-refractivity contribution in [2.24, 2.45) is 5.73 Å². The summed E-state index contributed by atoms with van der Waals surface area (Å²) in [5.74, 6) is 1.06. The molecule has 3 N–H and O–H groups in total. The Labute approximate surface area is 148 Å². The maximum atomic E-state index is 12.3. The Kier molecular flexibility index (Phi) is 5.68. The third-order valence-corrected chi connectivity index (χ3v) is 4.48. The summed E-state index contributed by atoms with van der Waals surface area (Å²) >= 11 is 0. The van der Waals surface area contributed by atoms with Crippen molar-refractivity contribution in [2.45, 2.75) is 18.9 Å². The number of hydrogen-bond acceptors (Lipinski definition) is 4. The topological polar surface area (TPSA) is 67.6 Å². The van der Waals surface area contributed by atoms with Crippen LogP contribution < -0.4 is 15.8 Å². The lowest BCUT2D eigenvalue weighted by atomic mass is 9.95. The third-order valence-electron chi connectivity index (χ3n) is 4.48. The van der Waals surface area contributed by atoms with Crippen LogP contribution >= 0.6 is 0 Å². The van der Waals surface area contributed by atoms with Gasteiger partial charge in [0.15, 0.2) is 0 Å². The first-order valence-corrected chi connectivity index (χ1v) is 8.71. The Hall–Kier alpha value is -2.37. The summed E-state index contributed by atoms with van der Waals surface area (Å²) < 4.78 is 5.40. The van der Waals surface area contributed by atoms with Crippen LogP contribution in [0.4, 0.5) is 5.69 Å². The Morgan fingerprint density at radius 2 is 1.88 bits per heavy atom. The molecule has 2 atom stereocenters. The van der Waals surface area contributed by atoms with Crippen molar-refractivity contribution in [2.75, 3.05) is 31.6 Å². The minimum Gasteiger partial charge on any atom is -0.494 e. The molecule has 0 saturated carbocycles. The monoisotopic (exact) mass is 339 g/mol. The number of carbonyl (C=O) groups is 1. The Morgan fingerprint density at radius 3 is 2.56 bits per heavy atom. The van der Waals surface area contributed by atoms with E-state index in [2.05, 4.69) is 22.3 Å². The second kappa shape index (κ2) is 8.14. The average molecular weight is 339 g/mol. The van der Waals surface area contributed by atoms with Gasteiger partial charge < -0.3 is 15.8 Å². The zero-order valence-corrected chi connectivity index (χ0v) is 14.5. The molecular weight excluding hydrogens is 314 g/mol. The molecular formula is C20H25N3O2. The summed E-state index contributed by atoms with van der Waals surface area (Å²) in [5, 5.41) is 2.93. The van der Waals surface area contributed by atoms with Crippen LogP contribution in [-0.2, 0) is 4.79 Å². The SMILES string of the molecule is CCOc1ccc(NC(=O)CN2C[C@@H](N)[C@H](c3ccccc3)C2)cc1. The number of ether oxygens (including phenoxy) is 1. The quantitative estimate of drug-likeness (QED) is 0.848. The van der Waals surface area contributed by atoms with E-state index >= 15 is 0 Å². The van der Waals surface area contributed by atoms with Crippen molar-refractivity contribution < 1.29 is 9.53 Å². The number of hydrogen-bond donors (Lipinski definition) is 2. The molecule has 3 rings (SSSR count). The van der Waals surface area contributed by atoms with E-state index in [0.29, 0.717) is 13.2 Å². The van der Waals surface area contributed by atoms with Gasteiger partial charge in [-0.05, 0) is 36.8 Å². The first-order chi connectivity index (χ1) is 12.2. The van der Waals surface area contributed by atoms with Gasteiger partial charge in [0.1, 0.15) is 5.75 Å². The number of amides is 1. The van der Waals surface area contributed by atoms with Gasteiger partial charge in [0, 0.05) is 30.7 Å². The Balaban J connectivity index is 1.53. The zero-order valence-electron chi connectivity index (χ0n) is 14.5. The van der Waals surface area contributed by atoms with Crippen molar-refractivity contribution in [1.29, 1.82) is 0 Å². The maximum absolute atomic E-state index is 12.3. The molecule has 1 saturated heterocycles. The van der Waals surface area contributed by atoms with Crippen LogP contribution in [0, 0.1) is 0 Å². The number of nitrogens with one attached hydrogen (secondary N) is 1. The van der Waals surface area contributed by atoms with Crippen LogP contribution in [0.3, 0.4) is 0 Å². The van der Waals surface area contributed by atoms with Gasteiger partial charge in [-0.15, -0.1) is 0 Å². The predicted molar refractivity (Wildman–Crippen MR) is 99.8 cm³/mol. The highest BCUT2D eigenvalue weighted by Gasteiger charge is 2.31. The molecule has 132 valence electrons. The smallest absolute Gasteiger partial charge is 0.238 e. The molecule has 0 radical (unpaired) electrons. The normalized spacial score (nSPS) is 20.4. The molecule has 1 aliphatic heterocycles. The molecule has 25 heavy (non-hydrogen) atoms. The maximum Gasteiger partial charge on any atom is 0.238 e. The van der Waals surface area contributed by atoms with Crippen molar-refractivity contribution >= 4 is 11.6 Å². The van der Waals surface area contributed by atoms with Crippen molar-refractivity contribution in [3.05, 3.63) is 60.2 Å². The molecule has 1 fully saturated rings. The summed E-state index contributed by atoms with van der Waals surface area (Å²) in [6.07, 6.45) is 0. The van der Waals surface area contributed by atoms with Gasteiger partial charge >= 0.3 is 0 Å². The molecule has 5 nitrogen and oxygen atoms in total. The fourth-order valence-corrected chi connectivity index (χ4v) is 3.30. The molecule has 0 aliphatic carbocycles. The summed E-state index contributed by atoms with van der Waals surface area (Å²) in [7, 11) is 0. The Morgan fingerprint density at radius 1 is 1.16 bits per heavy atom. The number of rotatable bonds is 6. The van der Waals surface area contributed by atoms with E-state index in [4.69, 9.17) is 10.5 Å². The number of nitrogens with zero attached hydrogens (tertiary/aromatic N) is 1. The average Bonchev–Trinajstić information content (AvgIpc) is 2.98. The highest BCUT2D eigenvalue weighted by atomic mass is 16.5. The third kappa shape index (κ3) is 4.59. The molecule has 0 spiro atoms. The van der Waals surface area contributed by atoms with Gasteiger partial charge in [-0.1, -0.05) is 30.3 Å². The van der Waals surface area contributed by atoms with Gasteiger partial charge in [0.05, 0.1) is 13.2 Å². The van der Waals surface area contributed by atoms with Gasteiger partial charge in [-0.25, -0.2) is 0 Å². The standard InChI is InChI=1S/C20H25N3O2/c1-2-25-17-10-8-16(9-11-17)22-20(24)14-23-12-18(19(21)13-23)15-6-4-3-5-7-15/h3-11,18-19H,2,12-14,21H2,1H3,(H,22,24)/t18-,19+/m0/s1. The van der Waals surface area contributed by atoms with Crippen molar-refractivity contribution in [3.8, 4) is 5.75 Å². The van der Waals surface area contributed by atoms with Crippen molar-refractivity contribution in [3.63, 3.8) is 0 Å². The molecule has 0 bridgehead atoms. The second-order valence-corrected chi connectivity index (χ2v) is 6.38. The van der Waals surface area contributed by atoms with Gasteiger partial charge in [0.2, 0.25) is 5.91 Å². The molecule has 2 aromatic carbocycles. The minimum absolute atomic E-state index is 0.0231. The number of likely N-dealkylation sites (tertiary alicyclic amines) is 1. The number of carbonyl (C=O) groups excluding carboxylic acids is 1. The largest absolute Gasteiger partial charge is 0.494 e. The number of nitrogens with two attached hydrogens (primary N) is 1. The lowest BCUT2D eigenvalue weighted by Gasteiger charge is -2.16. The molecule has 1 aliphatic rings. The first-order valence-electron chi connectivity index (χ1n) is 8.71. The van der Waals surface area contributed by atoms with E-state index < -0.39 is 0 Å². The molecule has 2 aromatic rings. The van der Waals surface area contributed by atoms with Crippen LogP contribution in [0.1, 0.15) is 18.4 Å². The van der Waals surface area contributed by atoms with Gasteiger partial charge in [-0.2, -0.15) is 0 Å². The molecule has 5 heteroatoms. The van der Waals surface area contributed by atoms with Gasteiger partial charge in [-0.3, -0.25) is 9.69 Å². The number of anilines is 1. The molecule has 0 unspecified atom stereocenters. The lowest BCUT2D eigenvalue weighted by molar-refractivity contribution is -0.117. The van der Waals surface area contributed by atoms with E-state index in [0.717, 1.165) is 24.5 Å². The zero-order chi connectivity index (χ0) is 17.6. The van der Waals surface area contributed by atoms with Crippen LogP contribution in [-0.4, -0.2) is 43.1 Å². The van der Waals surface area contributed by atoms with Crippen molar-refractivity contribution in [1.82, 2.24) is 4.90 Å². The fraction of sp³-hybridized carbons (Fsp3) is 0.350. The van der Waals surface area contributed by atoms with Crippen LogP contribution in [0.25, 0.3) is 0 Å². The molecule has 0 aromatic heterocycles. The summed E-state index contributed by atoms with van der Waals surface area (Å²) in [6, 6.07) is 17.8. The first kappa shape index (κ1) is 17.5. The van der Waals surface area contributed by atoms with E-state index in [1.807, 2.05) is 49.4 Å². The summed E-state index contributed by atoms with van der Waals surface area (Å²) in [5.41, 5.74) is 8.30. The highest BCUT2D eigenvalue weighted by Crippen LogP contribution is 2.26. The van der Waals surface area contributed by atoms with Crippen LogP contribution in [0.15, 0.2) is 54.6 Å². The van der Waals surface area contributed by atoms with E-state index in [9.17, 15) is 4.79 Å². The van der Waals surface area contributed by atoms with E-state index in [1.165, 1.54) is 5.56 Å². The predicted octanol–water partition coefficient (Wildman–Crippen LogP) is 2.45. The molecule has 1 heterocycles. The van der Waals surface area contributed by atoms with E-state index in [-0.39, 0.29) is 17.9 Å². The van der Waals surface area contributed by atoms with E-state index in [1.54, 1.807) is 0 Å². The van der Waals surface area contributed by atoms with Crippen LogP contribution in [0.5, 0.6) is 5.75 Å². The van der Waals surface area contributed by atoms with Gasteiger partial charge in [0.25, 0.3) is 0 Å².